The van der Waals surface area contributed by atoms with Crippen molar-refractivity contribution in [3.63, 3.8) is 0 Å². The van der Waals surface area contributed by atoms with Gasteiger partial charge >= 0.3 is 0 Å². The maximum absolute atomic E-state index is 5.09. The molecule has 45 heavy (non-hydrogen) atoms. The van der Waals surface area contributed by atoms with Crippen molar-refractivity contribution in [2.24, 2.45) is 4.99 Å². The molecule has 4 bridgehead atoms. The van der Waals surface area contributed by atoms with E-state index < -0.39 is 0 Å². The molecule has 11 nitrogen and oxygen atoms in total. The lowest BCUT2D eigenvalue weighted by Gasteiger charge is -2.31. The largest absolute Gasteiger partial charge is 0.367 e. The average Bonchev–Trinajstić information content (AvgIpc) is 3.71. The molecule has 0 saturated carbocycles. The van der Waals surface area contributed by atoms with Crippen LogP contribution in [-0.2, 0) is 6.42 Å². The van der Waals surface area contributed by atoms with Gasteiger partial charge in [0.15, 0.2) is 5.82 Å². The number of nitrogens with zero attached hydrogens (tertiary/aromatic N) is 6. The first-order chi connectivity index (χ1) is 22.1. The van der Waals surface area contributed by atoms with Gasteiger partial charge in [0.05, 0.1) is 11.9 Å². The molecule has 5 aliphatic heterocycles. The second-order valence-electron chi connectivity index (χ2n) is 13.7. The van der Waals surface area contributed by atoms with Gasteiger partial charge in [-0.1, -0.05) is 0 Å². The molecule has 0 amide bonds. The molecule has 4 aromatic rings. The fraction of sp³-hybridized carbons (Fsp3) is 0.500. The summed E-state index contributed by atoms with van der Waals surface area (Å²) < 4.78 is 1.93. The number of hydrogen-bond donors (Lipinski definition) is 5. The van der Waals surface area contributed by atoms with E-state index in [0.29, 0.717) is 36.3 Å². The van der Waals surface area contributed by atoms with Crippen molar-refractivity contribution in [3.8, 4) is 5.69 Å². The minimum atomic E-state index is 0.422. The fourth-order valence-corrected chi connectivity index (χ4v) is 8.45. The second-order valence-corrected chi connectivity index (χ2v) is 13.7. The highest BCUT2D eigenvalue weighted by molar-refractivity contribution is 5.94. The lowest BCUT2D eigenvalue weighted by molar-refractivity contribution is 0.377. The Labute approximate surface area is 263 Å². The number of aromatic nitrogens is 5. The Morgan fingerprint density at radius 1 is 0.844 bits per heavy atom. The minimum absolute atomic E-state index is 0.422. The number of pyridine rings is 3. The zero-order valence-corrected chi connectivity index (χ0v) is 25.8. The summed E-state index contributed by atoms with van der Waals surface area (Å²) in [7, 11) is 0. The summed E-state index contributed by atoms with van der Waals surface area (Å²) in [5, 5.41) is 24.6. The summed E-state index contributed by atoms with van der Waals surface area (Å²) in [4.78, 5) is 19.6. The van der Waals surface area contributed by atoms with Crippen LogP contribution in [0.1, 0.15) is 69.0 Å². The van der Waals surface area contributed by atoms with Gasteiger partial charge in [0, 0.05) is 77.4 Å². The molecule has 6 atom stereocenters. The zero-order valence-electron chi connectivity index (χ0n) is 25.8. The van der Waals surface area contributed by atoms with Crippen molar-refractivity contribution < 1.29 is 0 Å². The Morgan fingerprint density at radius 3 is 2.29 bits per heavy atom. The summed E-state index contributed by atoms with van der Waals surface area (Å²) in [5.74, 6) is 3.32. The van der Waals surface area contributed by atoms with Gasteiger partial charge in [-0.05, 0) is 83.3 Å². The van der Waals surface area contributed by atoms with Crippen LogP contribution >= 0.6 is 0 Å². The maximum Gasteiger partial charge on any atom is 0.154 e. The number of piperidine rings is 2. The standard InChI is InChI=1S/C34H41N11/c1-19-12-31(42-30-17-28-26(4-2-10-35-28)34(43-30)41-25-15-22-8-9-23(16-25)39-22)44-45(19)29-18-37-33(27-5-3-11-36-32(27)29)40-24-13-20-6-7-21(14-24)38-20/h3,5,10-12,17-18,20-25,38-39H,2,4,6-9,13-16H2,1H3,(H,37,40)(H2,41,42,43,44)/t20-,21+,22-,23+,24?,25?. The van der Waals surface area contributed by atoms with E-state index in [9.17, 15) is 0 Å². The quantitative estimate of drug-likeness (QED) is 0.191. The summed E-state index contributed by atoms with van der Waals surface area (Å²) in [6.45, 7) is 2.06. The molecule has 2 unspecified atom stereocenters. The van der Waals surface area contributed by atoms with Gasteiger partial charge in [-0.25, -0.2) is 14.6 Å². The average molecular weight is 604 g/mol. The van der Waals surface area contributed by atoms with Crippen LogP contribution in [0.15, 0.2) is 41.7 Å². The van der Waals surface area contributed by atoms with Gasteiger partial charge in [-0.15, -0.1) is 5.10 Å². The second kappa shape index (κ2) is 11.1. The first-order valence-corrected chi connectivity index (χ1v) is 16.8. The highest BCUT2D eigenvalue weighted by Crippen LogP contribution is 2.36. The number of nitrogens with one attached hydrogen (secondary N) is 5. The summed E-state index contributed by atoms with van der Waals surface area (Å²) >= 11 is 0. The molecule has 0 radical (unpaired) electrons. The molecule has 5 aliphatic rings. The molecule has 9 rings (SSSR count). The predicted molar refractivity (Wildman–Crippen MR) is 179 cm³/mol. The van der Waals surface area contributed by atoms with E-state index in [0.717, 1.165) is 89.8 Å². The summed E-state index contributed by atoms with van der Waals surface area (Å²) in [5.41, 5.74) is 4.93. The first-order valence-electron chi connectivity index (χ1n) is 16.8. The Kier molecular flexibility index (Phi) is 6.70. The Balaban J connectivity index is 0.992. The van der Waals surface area contributed by atoms with E-state index in [4.69, 9.17) is 25.0 Å². The summed E-state index contributed by atoms with van der Waals surface area (Å²) in [6, 6.07) is 11.5. The van der Waals surface area contributed by atoms with Crippen LogP contribution in [0.4, 0.5) is 29.0 Å². The van der Waals surface area contributed by atoms with Gasteiger partial charge in [0.1, 0.15) is 28.7 Å². The van der Waals surface area contributed by atoms with E-state index in [-0.39, 0.29) is 0 Å². The third kappa shape index (κ3) is 5.21. The van der Waals surface area contributed by atoms with Crippen LogP contribution in [0, 0.1) is 6.92 Å². The number of fused-ring (bicyclic) bond motifs is 6. The van der Waals surface area contributed by atoms with Gasteiger partial charge in [-0.3, -0.25) is 9.98 Å². The Hall–Kier alpha value is -4.09. The number of hydrogen-bond acceptors (Lipinski definition) is 10. The van der Waals surface area contributed by atoms with Crippen molar-refractivity contribution in [2.75, 3.05) is 16.0 Å². The van der Waals surface area contributed by atoms with Crippen molar-refractivity contribution in [1.29, 1.82) is 0 Å². The van der Waals surface area contributed by atoms with Crippen molar-refractivity contribution >= 4 is 46.1 Å². The Morgan fingerprint density at radius 2 is 1.56 bits per heavy atom. The smallest absolute Gasteiger partial charge is 0.154 e. The highest BCUT2D eigenvalue weighted by atomic mass is 15.3. The molecular weight excluding hydrogens is 562 g/mol. The molecule has 0 spiro atoms. The molecule has 11 heteroatoms. The molecule has 4 saturated heterocycles. The van der Waals surface area contributed by atoms with E-state index in [1.165, 1.54) is 31.2 Å². The highest BCUT2D eigenvalue weighted by Gasteiger charge is 2.35. The topological polar surface area (TPSA) is 129 Å². The molecule has 4 fully saturated rings. The van der Waals surface area contributed by atoms with E-state index in [1.54, 1.807) is 0 Å². The number of rotatable bonds is 7. The van der Waals surface area contributed by atoms with Gasteiger partial charge in [-0.2, -0.15) is 0 Å². The predicted octanol–water partition coefficient (Wildman–Crippen LogP) is 5.30. The third-order valence-corrected chi connectivity index (χ3v) is 10.5. The molecule has 232 valence electrons. The van der Waals surface area contributed by atoms with Gasteiger partial charge in [0.25, 0.3) is 0 Å². The van der Waals surface area contributed by atoms with Crippen LogP contribution in [-0.4, -0.2) is 67.2 Å². The first kappa shape index (κ1) is 27.2. The monoisotopic (exact) mass is 603 g/mol. The van der Waals surface area contributed by atoms with Crippen LogP contribution in [0.5, 0.6) is 0 Å². The lowest BCUT2D eigenvalue weighted by Crippen LogP contribution is -2.43. The maximum atomic E-state index is 5.09. The van der Waals surface area contributed by atoms with Crippen molar-refractivity contribution in [3.05, 3.63) is 47.9 Å². The van der Waals surface area contributed by atoms with Gasteiger partial charge < -0.3 is 26.6 Å². The van der Waals surface area contributed by atoms with Gasteiger partial charge in [0.2, 0.25) is 0 Å². The Bertz CT molecular complexity index is 1760. The third-order valence-electron chi connectivity index (χ3n) is 10.5. The fourth-order valence-electron chi connectivity index (χ4n) is 8.45. The SMILES string of the molecule is Cc1cc(Nc2cc3c(c(NC4C[C@H]5CC[C@@H](C4)N5)n2)CCC=N3)nn1-c1cnc(NC2C[C@H]3CC[C@@H](C2)N3)c2cccnc12. The number of aliphatic imine (C=N–C) groups is 1. The number of anilines is 4. The lowest BCUT2D eigenvalue weighted by atomic mass is 9.99. The summed E-state index contributed by atoms with van der Waals surface area (Å²) in [6.07, 6.45) is 17.3. The molecule has 0 aliphatic carbocycles. The number of aryl methyl sites for hydroxylation is 1. The van der Waals surface area contributed by atoms with E-state index >= 15 is 0 Å². The van der Waals surface area contributed by atoms with Crippen LogP contribution in [0.2, 0.25) is 0 Å². The van der Waals surface area contributed by atoms with Crippen LogP contribution in [0.3, 0.4) is 0 Å². The molecule has 4 aromatic heterocycles. The molecule has 5 N–H and O–H groups in total. The normalized spacial score (nSPS) is 28.3. The van der Waals surface area contributed by atoms with Crippen molar-refractivity contribution in [2.45, 2.75) is 107 Å². The van der Waals surface area contributed by atoms with Crippen LogP contribution in [0.25, 0.3) is 16.6 Å². The molecule has 9 heterocycles. The molecular formula is C34H41N11. The molecule has 0 aromatic carbocycles. The minimum Gasteiger partial charge on any atom is -0.367 e. The van der Waals surface area contributed by atoms with E-state index in [1.807, 2.05) is 41.5 Å². The zero-order chi connectivity index (χ0) is 29.9. The van der Waals surface area contributed by atoms with Crippen molar-refractivity contribution in [1.82, 2.24) is 35.4 Å². The van der Waals surface area contributed by atoms with E-state index in [2.05, 4.69) is 39.6 Å². The van der Waals surface area contributed by atoms with Crippen LogP contribution < -0.4 is 26.6 Å².